The highest BCUT2D eigenvalue weighted by atomic mass is 16.1. The maximum absolute atomic E-state index is 11.2. The molecule has 2 nitrogen and oxygen atoms in total. The molecule has 2 aliphatic rings. The predicted molar refractivity (Wildman–Crippen MR) is 38.8 cm³/mol. The van der Waals surface area contributed by atoms with E-state index in [-0.39, 0.29) is 0 Å². The molecular formula is C8H13NO. The summed E-state index contributed by atoms with van der Waals surface area (Å²) in [6.45, 7) is 1.06. The second-order valence-electron chi connectivity index (χ2n) is 3.31. The molecule has 0 aromatic carbocycles. The minimum atomic E-state index is 0.383. The van der Waals surface area contributed by atoms with Crippen LogP contribution < -0.4 is 5.32 Å². The molecule has 2 heteroatoms. The Bertz CT molecular complexity index is 155. The van der Waals surface area contributed by atoms with Crippen molar-refractivity contribution in [2.75, 3.05) is 6.54 Å². The molecule has 0 amide bonds. The number of fused-ring (bicyclic) bond motifs is 1. The maximum Gasteiger partial charge on any atom is 0.137 e. The number of nitrogens with one attached hydrogen (secondary N) is 1. The van der Waals surface area contributed by atoms with Crippen molar-refractivity contribution in [3.05, 3.63) is 0 Å². The highest BCUT2D eigenvalue weighted by molar-refractivity contribution is 5.82. The first kappa shape index (κ1) is 6.35. The third-order valence-electron chi connectivity index (χ3n) is 2.70. The normalized spacial score (nSPS) is 39.8. The van der Waals surface area contributed by atoms with Gasteiger partial charge in [-0.15, -0.1) is 0 Å². The van der Waals surface area contributed by atoms with Crippen molar-refractivity contribution in [3.63, 3.8) is 0 Å². The maximum atomic E-state index is 11.2. The lowest BCUT2D eigenvalue weighted by molar-refractivity contribution is -0.124. The molecule has 1 heterocycles. The van der Waals surface area contributed by atoms with Crippen molar-refractivity contribution in [3.8, 4) is 0 Å². The highest BCUT2D eigenvalue weighted by Crippen LogP contribution is 2.27. The van der Waals surface area contributed by atoms with E-state index < -0.39 is 0 Å². The lowest BCUT2D eigenvalue weighted by Gasteiger charge is -2.22. The number of hydrogen-bond acceptors (Lipinski definition) is 2. The van der Waals surface area contributed by atoms with Crippen LogP contribution in [-0.2, 0) is 4.79 Å². The van der Waals surface area contributed by atoms with E-state index in [9.17, 15) is 4.79 Å². The third kappa shape index (κ3) is 0.870. The van der Waals surface area contributed by atoms with Crippen molar-refractivity contribution in [2.45, 2.75) is 31.7 Å². The molecule has 1 aliphatic carbocycles. The molecule has 56 valence electrons. The molecule has 1 N–H and O–H groups in total. The Hall–Kier alpha value is -0.370. The fraction of sp³-hybridized carbons (Fsp3) is 0.875. The van der Waals surface area contributed by atoms with Crippen LogP contribution in [0.1, 0.15) is 25.7 Å². The van der Waals surface area contributed by atoms with Crippen LogP contribution in [0.3, 0.4) is 0 Å². The SMILES string of the molecule is O=C1CCCC2NCCC12. The summed E-state index contributed by atoms with van der Waals surface area (Å²) in [6, 6.07) is 0.543. The van der Waals surface area contributed by atoms with Crippen molar-refractivity contribution in [2.24, 2.45) is 5.92 Å². The fourth-order valence-corrected chi connectivity index (χ4v) is 2.14. The molecule has 0 radical (unpaired) electrons. The molecule has 2 fully saturated rings. The van der Waals surface area contributed by atoms with Crippen LogP contribution >= 0.6 is 0 Å². The van der Waals surface area contributed by atoms with E-state index in [0.29, 0.717) is 17.7 Å². The number of ketones is 1. The first-order valence-corrected chi connectivity index (χ1v) is 4.14. The van der Waals surface area contributed by atoms with Gasteiger partial charge < -0.3 is 5.32 Å². The zero-order valence-corrected chi connectivity index (χ0v) is 6.10. The summed E-state index contributed by atoms with van der Waals surface area (Å²) in [5.41, 5.74) is 0. The fourth-order valence-electron chi connectivity index (χ4n) is 2.14. The van der Waals surface area contributed by atoms with Crippen LogP contribution in [0.5, 0.6) is 0 Å². The lowest BCUT2D eigenvalue weighted by atomic mass is 9.84. The van der Waals surface area contributed by atoms with Crippen LogP contribution in [0.25, 0.3) is 0 Å². The topological polar surface area (TPSA) is 29.1 Å². The van der Waals surface area contributed by atoms with Crippen molar-refractivity contribution >= 4 is 5.78 Å². The van der Waals surface area contributed by atoms with E-state index in [4.69, 9.17) is 0 Å². The zero-order chi connectivity index (χ0) is 6.97. The third-order valence-corrected chi connectivity index (χ3v) is 2.70. The molecule has 0 aromatic heterocycles. The molecule has 0 bridgehead atoms. The van der Waals surface area contributed by atoms with Crippen LogP contribution in [0.4, 0.5) is 0 Å². The summed E-state index contributed by atoms with van der Waals surface area (Å²) in [5.74, 6) is 0.884. The molecule has 1 aliphatic heterocycles. The second kappa shape index (κ2) is 2.35. The Balaban J connectivity index is 2.10. The summed E-state index contributed by atoms with van der Waals surface area (Å²) >= 11 is 0. The number of carbonyl (C=O) groups excluding carboxylic acids is 1. The summed E-state index contributed by atoms with van der Waals surface area (Å²) < 4.78 is 0. The standard InChI is InChI=1S/C8H13NO/c10-8-3-1-2-7-6(8)4-5-9-7/h6-7,9H,1-5H2. The van der Waals surface area contributed by atoms with Crippen LogP contribution in [-0.4, -0.2) is 18.4 Å². The first-order chi connectivity index (χ1) is 4.88. The van der Waals surface area contributed by atoms with E-state index in [0.717, 1.165) is 25.8 Å². The van der Waals surface area contributed by atoms with E-state index >= 15 is 0 Å². The van der Waals surface area contributed by atoms with Gasteiger partial charge in [-0.25, -0.2) is 0 Å². The van der Waals surface area contributed by atoms with Gasteiger partial charge in [-0.05, 0) is 25.8 Å². The van der Waals surface area contributed by atoms with Crippen molar-refractivity contribution in [1.82, 2.24) is 5.32 Å². The van der Waals surface area contributed by atoms with Gasteiger partial charge in [0.15, 0.2) is 0 Å². The van der Waals surface area contributed by atoms with E-state index in [2.05, 4.69) is 5.32 Å². The minimum absolute atomic E-state index is 0.383. The Morgan fingerprint density at radius 1 is 1.40 bits per heavy atom. The first-order valence-electron chi connectivity index (χ1n) is 4.14. The summed E-state index contributed by atoms with van der Waals surface area (Å²) in [5, 5.41) is 3.37. The van der Waals surface area contributed by atoms with Gasteiger partial charge in [0.25, 0.3) is 0 Å². The monoisotopic (exact) mass is 139 g/mol. The molecule has 1 saturated carbocycles. The number of carbonyl (C=O) groups is 1. The van der Waals surface area contributed by atoms with E-state index in [1.54, 1.807) is 0 Å². The quantitative estimate of drug-likeness (QED) is 0.535. The molecule has 2 unspecified atom stereocenters. The molecule has 1 saturated heterocycles. The molecule has 2 rings (SSSR count). The van der Waals surface area contributed by atoms with E-state index in [1.807, 2.05) is 0 Å². The minimum Gasteiger partial charge on any atom is -0.313 e. The van der Waals surface area contributed by atoms with Gasteiger partial charge in [0.2, 0.25) is 0 Å². The van der Waals surface area contributed by atoms with Gasteiger partial charge in [0, 0.05) is 18.4 Å². The second-order valence-corrected chi connectivity index (χ2v) is 3.31. The molecular weight excluding hydrogens is 126 g/mol. The average molecular weight is 139 g/mol. The smallest absolute Gasteiger partial charge is 0.137 e. The van der Waals surface area contributed by atoms with Gasteiger partial charge in [0.1, 0.15) is 5.78 Å². The number of hydrogen-bond donors (Lipinski definition) is 1. The van der Waals surface area contributed by atoms with Crippen molar-refractivity contribution in [1.29, 1.82) is 0 Å². The summed E-state index contributed by atoms with van der Waals surface area (Å²) in [4.78, 5) is 11.2. The van der Waals surface area contributed by atoms with Gasteiger partial charge in [0.05, 0.1) is 0 Å². The Morgan fingerprint density at radius 3 is 3.10 bits per heavy atom. The molecule has 10 heavy (non-hydrogen) atoms. The number of Topliss-reactive ketones (excluding diaryl/α,β-unsaturated/α-hetero) is 1. The highest BCUT2D eigenvalue weighted by Gasteiger charge is 2.34. The lowest BCUT2D eigenvalue weighted by Crippen LogP contribution is -2.34. The van der Waals surface area contributed by atoms with Gasteiger partial charge in [-0.2, -0.15) is 0 Å². The van der Waals surface area contributed by atoms with Gasteiger partial charge in [-0.1, -0.05) is 0 Å². The Morgan fingerprint density at radius 2 is 2.30 bits per heavy atom. The Labute approximate surface area is 61.0 Å². The largest absolute Gasteiger partial charge is 0.313 e. The molecule has 0 spiro atoms. The van der Waals surface area contributed by atoms with Crippen molar-refractivity contribution < 1.29 is 4.79 Å². The Kier molecular flexibility index (Phi) is 1.49. The van der Waals surface area contributed by atoms with Gasteiger partial charge in [-0.3, -0.25) is 4.79 Å². The molecule has 0 aromatic rings. The van der Waals surface area contributed by atoms with Crippen LogP contribution in [0.2, 0.25) is 0 Å². The molecule has 2 atom stereocenters. The predicted octanol–water partition coefficient (Wildman–Crippen LogP) is 0.718. The zero-order valence-electron chi connectivity index (χ0n) is 6.10. The average Bonchev–Trinajstić information content (AvgIpc) is 2.36. The summed E-state index contributed by atoms with van der Waals surface area (Å²) in [7, 11) is 0. The van der Waals surface area contributed by atoms with E-state index in [1.165, 1.54) is 6.42 Å². The number of rotatable bonds is 0. The summed E-state index contributed by atoms with van der Waals surface area (Å²) in [6.07, 6.45) is 4.25. The van der Waals surface area contributed by atoms with Gasteiger partial charge >= 0.3 is 0 Å². The van der Waals surface area contributed by atoms with Crippen LogP contribution in [0, 0.1) is 5.92 Å². The van der Waals surface area contributed by atoms with Crippen LogP contribution in [0.15, 0.2) is 0 Å².